The molecule has 2 rings (SSSR count). The molecule has 21 heavy (non-hydrogen) atoms. The van der Waals surface area contributed by atoms with Crippen molar-refractivity contribution in [2.75, 3.05) is 18.0 Å². The Morgan fingerprint density at radius 2 is 1.90 bits per heavy atom. The van der Waals surface area contributed by atoms with Crippen molar-refractivity contribution < 1.29 is 8.78 Å². The fourth-order valence-electron chi connectivity index (χ4n) is 3.19. The Kier molecular flexibility index (Phi) is 5.97. The molecule has 0 aliphatic carbocycles. The monoisotopic (exact) mass is 296 g/mol. The van der Waals surface area contributed by atoms with Crippen LogP contribution >= 0.6 is 0 Å². The van der Waals surface area contributed by atoms with Crippen LogP contribution in [0.3, 0.4) is 0 Å². The number of nitrogens with one attached hydrogen (secondary N) is 1. The van der Waals surface area contributed by atoms with Gasteiger partial charge in [0, 0.05) is 19.1 Å². The van der Waals surface area contributed by atoms with Gasteiger partial charge in [0.1, 0.15) is 17.3 Å². The quantitative estimate of drug-likeness (QED) is 0.845. The fourth-order valence-corrected chi connectivity index (χ4v) is 3.19. The highest BCUT2D eigenvalue weighted by atomic mass is 19.1. The third kappa shape index (κ3) is 3.94. The van der Waals surface area contributed by atoms with Crippen molar-refractivity contribution in [3.05, 3.63) is 29.3 Å². The average molecular weight is 296 g/mol. The van der Waals surface area contributed by atoms with Crippen molar-refractivity contribution in [2.24, 2.45) is 0 Å². The third-order valence-electron chi connectivity index (χ3n) is 4.19. The molecule has 118 valence electrons. The van der Waals surface area contributed by atoms with Gasteiger partial charge in [0.2, 0.25) is 0 Å². The Bertz CT molecular complexity index is 437. The van der Waals surface area contributed by atoms with Crippen LogP contribution in [0.2, 0.25) is 0 Å². The van der Waals surface area contributed by atoms with E-state index in [1.54, 1.807) is 0 Å². The van der Waals surface area contributed by atoms with Gasteiger partial charge in [-0.1, -0.05) is 20.3 Å². The summed E-state index contributed by atoms with van der Waals surface area (Å²) in [5.41, 5.74) is 0.841. The standard InChI is InChI=1S/C17H26F2N2/c1-3-7-14-8-5-6-9-21(14)17-15(18)10-13(11-16(17)19)12-20-4-2/h10-11,14,20H,3-9,12H2,1-2H3. The molecular weight excluding hydrogens is 270 g/mol. The van der Waals surface area contributed by atoms with Gasteiger partial charge in [0.05, 0.1) is 0 Å². The van der Waals surface area contributed by atoms with Crippen LogP contribution in [-0.4, -0.2) is 19.1 Å². The van der Waals surface area contributed by atoms with E-state index in [1.165, 1.54) is 12.1 Å². The van der Waals surface area contributed by atoms with Gasteiger partial charge in [-0.2, -0.15) is 0 Å². The molecule has 0 bridgehead atoms. The molecule has 1 N–H and O–H groups in total. The van der Waals surface area contributed by atoms with E-state index in [9.17, 15) is 8.78 Å². The second-order valence-electron chi connectivity index (χ2n) is 5.82. The molecule has 1 aliphatic heterocycles. The molecule has 1 atom stereocenters. The van der Waals surface area contributed by atoms with Crippen LogP contribution in [0.1, 0.15) is 51.5 Å². The van der Waals surface area contributed by atoms with Gasteiger partial charge >= 0.3 is 0 Å². The predicted octanol–water partition coefficient (Wildman–Crippen LogP) is 4.23. The topological polar surface area (TPSA) is 15.3 Å². The first kappa shape index (κ1) is 16.2. The second-order valence-corrected chi connectivity index (χ2v) is 5.82. The SMILES string of the molecule is CCCC1CCCCN1c1c(F)cc(CNCC)cc1F. The van der Waals surface area contributed by atoms with E-state index in [-0.39, 0.29) is 11.7 Å². The normalized spacial score (nSPS) is 19.0. The lowest BCUT2D eigenvalue weighted by molar-refractivity contribution is 0.421. The Balaban J connectivity index is 2.25. The minimum Gasteiger partial charge on any atom is -0.364 e. The number of hydrogen-bond donors (Lipinski definition) is 1. The highest BCUT2D eigenvalue weighted by Gasteiger charge is 2.26. The number of benzene rings is 1. The summed E-state index contributed by atoms with van der Waals surface area (Å²) in [6.45, 7) is 6.15. The van der Waals surface area contributed by atoms with E-state index in [4.69, 9.17) is 0 Å². The summed E-state index contributed by atoms with van der Waals surface area (Å²) in [4.78, 5) is 1.95. The van der Waals surface area contributed by atoms with Crippen LogP contribution in [0.4, 0.5) is 14.5 Å². The Hall–Kier alpha value is -1.16. The van der Waals surface area contributed by atoms with Crippen molar-refractivity contribution in [1.29, 1.82) is 0 Å². The molecule has 4 heteroatoms. The lowest BCUT2D eigenvalue weighted by Gasteiger charge is -2.38. The molecule has 1 unspecified atom stereocenters. The first-order chi connectivity index (χ1) is 10.2. The van der Waals surface area contributed by atoms with E-state index in [0.29, 0.717) is 12.1 Å². The van der Waals surface area contributed by atoms with Crippen LogP contribution in [0.15, 0.2) is 12.1 Å². The van der Waals surface area contributed by atoms with Gasteiger partial charge < -0.3 is 10.2 Å². The molecule has 1 fully saturated rings. The molecule has 1 aliphatic rings. The largest absolute Gasteiger partial charge is 0.364 e. The lowest BCUT2D eigenvalue weighted by atomic mass is 9.97. The molecule has 2 nitrogen and oxygen atoms in total. The molecule has 0 aromatic heterocycles. The predicted molar refractivity (Wildman–Crippen MR) is 83.6 cm³/mol. The molecule has 1 aromatic carbocycles. The molecule has 1 aromatic rings. The zero-order valence-electron chi connectivity index (χ0n) is 13.1. The van der Waals surface area contributed by atoms with Gasteiger partial charge in [-0.15, -0.1) is 0 Å². The van der Waals surface area contributed by atoms with Gasteiger partial charge in [-0.05, 0) is 49.9 Å². The fraction of sp³-hybridized carbons (Fsp3) is 0.647. The van der Waals surface area contributed by atoms with Gasteiger partial charge in [0.25, 0.3) is 0 Å². The summed E-state index contributed by atoms with van der Waals surface area (Å²) in [6, 6.07) is 3.21. The Morgan fingerprint density at radius 1 is 1.19 bits per heavy atom. The number of rotatable bonds is 6. The van der Waals surface area contributed by atoms with E-state index < -0.39 is 11.6 Å². The Labute approximate surface area is 126 Å². The summed E-state index contributed by atoms with van der Waals surface area (Å²) in [5, 5.41) is 3.10. The van der Waals surface area contributed by atoms with E-state index in [0.717, 1.165) is 45.2 Å². The van der Waals surface area contributed by atoms with Crippen molar-refractivity contribution in [2.45, 2.75) is 58.5 Å². The highest BCUT2D eigenvalue weighted by Crippen LogP contribution is 2.32. The molecule has 0 spiro atoms. The third-order valence-corrected chi connectivity index (χ3v) is 4.19. The van der Waals surface area contributed by atoms with Crippen LogP contribution in [-0.2, 0) is 6.54 Å². The summed E-state index contributed by atoms with van der Waals surface area (Å²) in [6.07, 6.45) is 5.24. The number of halogens is 2. The maximum absolute atomic E-state index is 14.4. The maximum Gasteiger partial charge on any atom is 0.149 e. The lowest BCUT2D eigenvalue weighted by Crippen LogP contribution is -2.40. The summed E-state index contributed by atoms with van der Waals surface area (Å²) in [7, 11) is 0. The van der Waals surface area contributed by atoms with Crippen molar-refractivity contribution in [1.82, 2.24) is 5.32 Å². The number of nitrogens with zero attached hydrogens (tertiary/aromatic N) is 1. The zero-order chi connectivity index (χ0) is 15.2. The highest BCUT2D eigenvalue weighted by molar-refractivity contribution is 5.52. The molecule has 1 heterocycles. The molecule has 0 saturated carbocycles. The number of anilines is 1. The van der Waals surface area contributed by atoms with E-state index in [1.807, 2.05) is 11.8 Å². The van der Waals surface area contributed by atoms with E-state index in [2.05, 4.69) is 12.2 Å². The minimum absolute atomic E-state index is 0.174. The van der Waals surface area contributed by atoms with Gasteiger partial charge in [-0.25, -0.2) is 8.78 Å². The zero-order valence-corrected chi connectivity index (χ0v) is 13.1. The number of hydrogen-bond acceptors (Lipinski definition) is 2. The molecular formula is C17H26F2N2. The van der Waals surface area contributed by atoms with Crippen LogP contribution in [0, 0.1) is 11.6 Å². The maximum atomic E-state index is 14.4. The first-order valence-corrected chi connectivity index (χ1v) is 8.12. The molecule has 1 saturated heterocycles. The van der Waals surface area contributed by atoms with Crippen LogP contribution in [0.5, 0.6) is 0 Å². The Morgan fingerprint density at radius 3 is 2.52 bits per heavy atom. The van der Waals surface area contributed by atoms with E-state index >= 15 is 0 Å². The molecule has 0 radical (unpaired) electrons. The van der Waals surface area contributed by atoms with Crippen LogP contribution < -0.4 is 10.2 Å². The summed E-state index contributed by atoms with van der Waals surface area (Å²) in [5.74, 6) is -0.850. The summed E-state index contributed by atoms with van der Waals surface area (Å²) < 4.78 is 28.9. The first-order valence-electron chi connectivity index (χ1n) is 8.12. The average Bonchev–Trinajstić information content (AvgIpc) is 2.46. The smallest absolute Gasteiger partial charge is 0.149 e. The summed E-state index contributed by atoms with van der Waals surface area (Å²) >= 11 is 0. The van der Waals surface area contributed by atoms with Crippen LogP contribution in [0.25, 0.3) is 0 Å². The van der Waals surface area contributed by atoms with Gasteiger partial charge in [0.15, 0.2) is 0 Å². The minimum atomic E-state index is -0.425. The van der Waals surface area contributed by atoms with Crippen molar-refractivity contribution in [3.63, 3.8) is 0 Å². The number of piperidine rings is 1. The van der Waals surface area contributed by atoms with Crippen molar-refractivity contribution >= 4 is 5.69 Å². The second kappa shape index (κ2) is 7.74. The molecule has 0 amide bonds. The van der Waals surface area contributed by atoms with Gasteiger partial charge in [-0.3, -0.25) is 0 Å². The van der Waals surface area contributed by atoms with Crippen molar-refractivity contribution in [3.8, 4) is 0 Å².